The van der Waals surface area contributed by atoms with Crippen molar-refractivity contribution in [1.82, 2.24) is 9.55 Å². The Balaban J connectivity index is 2.51. The van der Waals surface area contributed by atoms with Crippen LogP contribution in [-0.2, 0) is 0 Å². The summed E-state index contributed by atoms with van der Waals surface area (Å²) >= 11 is 0. The molecule has 3 aromatic rings. The van der Waals surface area contributed by atoms with Crippen molar-refractivity contribution >= 4 is 16.9 Å². The van der Waals surface area contributed by atoms with Gasteiger partial charge in [-0.3, -0.25) is 9.36 Å². The van der Waals surface area contributed by atoms with E-state index in [0.29, 0.717) is 17.1 Å². The van der Waals surface area contributed by atoms with E-state index in [-0.39, 0.29) is 10.9 Å². The van der Waals surface area contributed by atoms with Gasteiger partial charge in [-0.25, -0.2) is 9.78 Å². The van der Waals surface area contributed by atoms with E-state index in [9.17, 15) is 14.7 Å². The van der Waals surface area contributed by atoms with Crippen molar-refractivity contribution in [2.24, 2.45) is 0 Å². The number of para-hydroxylation sites is 1. The molecule has 6 nitrogen and oxygen atoms in total. The third kappa shape index (κ3) is 2.10. The maximum absolute atomic E-state index is 12.4. The number of fused-ring (bicyclic) bond motifs is 1. The number of pyridine rings is 2. The first kappa shape index (κ1) is 13.8. The van der Waals surface area contributed by atoms with Crippen molar-refractivity contribution < 1.29 is 14.6 Å². The monoisotopic (exact) mass is 296 g/mol. The second kappa shape index (κ2) is 5.33. The van der Waals surface area contributed by atoms with Crippen LogP contribution in [0.25, 0.3) is 16.7 Å². The summed E-state index contributed by atoms with van der Waals surface area (Å²) in [6, 6.07) is 10.2. The zero-order valence-electron chi connectivity index (χ0n) is 11.7. The summed E-state index contributed by atoms with van der Waals surface area (Å²) in [5, 5.41) is 9.53. The first-order chi connectivity index (χ1) is 10.6. The molecule has 0 fully saturated rings. The van der Waals surface area contributed by atoms with Crippen LogP contribution >= 0.6 is 0 Å². The summed E-state index contributed by atoms with van der Waals surface area (Å²) in [6.45, 7) is 0. The van der Waals surface area contributed by atoms with Crippen LogP contribution in [0.5, 0.6) is 5.75 Å². The number of hydrogen-bond donors (Lipinski definition) is 1. The van der Waals surface area contributed by atoms with Crippen molar-refractivity contribution in [1.29, 1.82) is 0 Å². The second-order valence-corrected chi connectivity index (χ2v) is 4.59. The van der Waals surface area contributed by atoms with Crippen LogP contribution in [0.2, 0.25) is 0 Å². The first-order valence-corrected chi connectivity index (χ1v) is 6.50. The molecule has 0 aliphatic heterocycles. The van der Waals surface area contributed by atoms with E-state index in [1.807, 2.05) is 0 Å². The molecule has 1 N–H and O–H groups in total. The Morgan fingerprint density at radius 1 is 1.23 bits per heavy atom. The van der Waals surface area contributed by atoms with Gasteiger partial charge in [-0.1, -0.05) is 12.1 Å². The molecule has 0 saturated carbocycles. The second-order valence-electron chi connectivity index (χ2n) is 4.59. The van der Waals surface area contributed by atoms with Crippen molar-refractivity contribution in [3.05, 3.63) is 64.6 Å². The molecule has 0 spiro atoms. The molecule has 2 aromatic heterocycles. The summed E-state index contributed by atoms with van der Waals surface area (Å²) in [4.78, 5) is 27.9. The van der Waals surface area contributed by atoms with Gasteiger partial charge in [-0.05, 0) is 24.3 Å². The fourth-order valence-electron chi connectivity index (χ4n) is 2.35. The van der Waals surface area contributed by atoms with Crippen LogP contribution in [-0.4, -0.2) is 27.7 Å². The predicted molar refractivity (Wildman–Crippen MR) is 80.9 cm³/mol. The van der Waals surface area contributed by atoms with Gasteiger partial charge in [0.1, 0.15) is 22.6 Å². The number of nitrogens with zero attached hydrogens (tertiary/aromatic N) is 2. The normalized spacial score (nSPS) is 10.6. The van der Waals surface area contributed by atoms with Crippen molar-refractivity contribution in [3.8, 4) is 11.6 Å². The van der Waals surface area contributed by atoms with Gasteiger partial charge in [0, 0.05) is 12.4 Å². The molecular weight excluding hydrogens is 284 g/mol. The molecule has 0 amide bonds. The number of carboxylic acids is 1. The first-order valence-electron chi connectivity index (χ1n) is 6.50. The Kier molecular flexibility index (Phi) is 3.34. The summed E-state index contributed by atoms with van der Waals surface area (Å²) in [5.41, 5.74) is -0.376. The molecule has 2 heterocycles. The van der Waals surface area contributed by atoms with Crippen LogP contribution in [0.1, 0.15) is 10.4 Å². The fourth-order valence-corrected chi connectivity index (χ4v) is 2.35. The number of aromatic carboxylic acids is 1. The van der Waals surface area contributed by atoms with Crippen LogP contribution in [0.3, 0.4) is 0 Å². The largest absolute Gasteiger partial charge is 0.495 e. The van der Waals surface area contributed by atoms with E-state index in [4.69, 9.17) is 4.74 Å². The minimum Gasteiger partial charge on any atom is -0.495 e. The van der Waals surface area contributed by atoms with Gasteiger partial charge in [0.25, 0.3) is 0 Å². The molecule has 1 aromatic carbocycles. The van der Waals surface area contributed by atoms with E-state index in [1.54, 1.807) is 47.2 Å². The molecule has 0 bridgehead atoms. The molecule has 110 valence electrons. The Labute approximate surface area is 125 Å². The molecule has 0 aliphatic carbocycles. The minimum atomic E-state index is -1.28. The number of rotatable bonds is 3. The molecule has 3 rings (SSSR count). The number of carbonyl (C=O) groups is 1. The topological polar surface area (TPSA) is 81.4 Å². The minimum absolute atomic E-state index is 0.268. The van der Waals surface area contributed by atoms with Crippen molar-refractivity contribution in [2.75, 3.05) is 7.11 Å². The summed E-state index contributed by atoms with van der Waals surface area (Å²) in [7, 11) is 1.49. The van der Waals surface area contributed by atoms with Crippen molar-refractivity contribution in [2.45, 2.75) is 0 Å². The van der Waals surface area contributed by atoms with Crippen LogP contribution < -0.4 is 10.2 Å². The lowest BCUT2D eigenvalue weighted by molar-refractivity contribution is 0.0695. The summed E-state index contributed by atoms with van der Waals surface area (Å²) < 4.78 is 6.86. The highest BCUT2D eigenvalue weighted by Crippen LogP contribution is 2.26. The van der Waals surface area contributed by atoms with Gasteiger partial charge in [0.2, 0.25) is 5.43 Å². The van der Waals surface area contributed by atoms with Crippen LogP contribution in [0.4, 0.5) is 0 Å². The number of hydrogen-bond acceptors (Lipinski definition) is 4. The van der Waals surface area contributed by atoms with E-state index in [1.165, 1.54) is 13.3 Å². The Morgan fingerprint density at radius 2 is 2.05 bits per heavy atom. The quantitative estimate of drug-likeness (QED) is 0.800. The maximum atomic E-state index is 12.4. The zero-order valence-corrected chi connectivity index (χ0v) is 11.7. The highest BCUT2D eigenvalue weighted by molar-refractivity contribution is 5.95. The van der Waals surface area contributed by atoms with E-state index in [2.05, 4.69) is 4.98 Å². The molecule has 0 radical (unpaired) electrons. The van der Waals surface area contributed by atoms with E-state index < -0.39 is 11.4 Å². The van der Waals surface area contributed by atoms with E-state index >= 15 is 0 Å². The molecular formula is C16H12N2O4. The van der Waals surface area contributed by atoms with E-state index in [0.717, 1.165) is 0 Å². The van der Waals surface area contributed by atoms with Crippen LogP contribution in [0, 0.1) is 0 Å². The standard InChI is InChI=1S/C16H12N2O4/c1-22-12-6-4-5-10-14(12)18(13-7-2-3-8-17-13)9-11(15(10)19)16(20)21/h2-9H,1H3,(H,20,21). The Bertz CT molecular complexity index is 917. The fraction of sp³-hybridized carbons (Fsp3) is 0.0625. The highest BCUT2D eigenvalue weighted by atomic mass is 16.5. The average Bonchev–Trinajstić information content (AvgIpc) is 2.55. The molecule has 0 unspecified atom stereocenters. The molecule has 0 saturated heterocycles. The Morgan fingerprint density at radius 3 is 2.68 bits per heavy atom. The maximum Gasteiger partial charge on any atom is 0.341 e. The van der Waals surface area contributed by atoms with Crippen molar-refractivity contribution in [3.63, 3.8) is 0 Å². The SMILES string of the molecule is COc1cccc2c(=O)c(C(=O)O)cn(-c3ccccn3)c12. The third-order valence-corrected chi connectivity index (χ3v) is 3.33. The smallest absolute Gasteiger partial charge is 0.341 e. The number of carboxylic acid groups (broad SMARTS) is 1. The third-order valence-electron chi connectivity index (χ3n) is 3.33. The molecule has 0 aliphatic rings. The van der Waals surface area contributed by atoms with Gasteiger partial charge in [-0.2, -0.15) is 0 Å². The predicted octanol–water partition coefficient (Wildman–Crippen LogP) is 2.09. The lowest BCUT2D eigenvalue weighted by Crippen LogP contribution is -2.19. The number of aromatic nitrogens is 2. The van der Waals surface area contributed by atoms with Gasteiger partial charge < -0.3 is 9.84 Å². The number of methoxy groups -OCH3 is 1. The van der Waals surface area contributed by atoms with Gasteiger partial charge in [0.05, 0.1) is 12.5 Å². The van der Waals surface area contributed by atoms with Gasteiger partial charge in [0.15, 0.2) is 0 Å². The van der Waals surface area contributed by atoms with Gasteiger partial charge >= 0.3 is 5.97 Å². The summed E-state index contributed by atoms with van der Waals surface area (Å²) in [5.74, 6) is -0.309. The Hall–Kier alpha value is -3.15. The highest BCUT2D eigenvalue weighted by Gasteiger charge is 2.18. The molecule has 6 heteroatoms. The molecule has 0 atom stereocenters. The summed E-state index contributed by atoms with van der Waals surface area (Å²) in [6.07, 6.45) is 2.87. The average molecular weight is 296 g/mol. The lowest BCUT2D eigenvalue weighted by atomic mass is 10.1. The molecule has 22 heavy (non-hydrogen) atoms. The lowest BCUT2D eigenvalue weighted by Gasteiger charge is -2.14. The number of benzene rings is 1. The number of ether oxygens (including phenoxy) is 1. The zero-order chi connectivity index (χ0) is 15.7. The van der Waals surface area contributed by atoms with Crippen LogP contribution in [0.15, 0.2) is 53.6 Å². The van der Waals surface area contributed by atoms with Gasteiger partial charge in [-0.15, -0.1) is 0 Å².